The molecule has 6 nitrogen and oxygen atoms in total. The Hall–Kier alpha value is -3.28. The third-order valence-corrected chi connectivity index (χ3v) is 4.11. The molecule has 2 amide bonds. The summed E-state index contributed by atoms with van der Waals surface area (Å²) < 4.78 is 7.17. The monoisotopic (exact) mass is 364 g/mol. The smallest absolute Gasteiger partial charge is 0.319 e. The first kappa shape index (κ1) is 18.5. The van der Waals surface area contributed by atoms with Crippen molar-refractivity contribution in [2.75, 3.05) is 18.5 Å². The Morgan fingerprint density at radius 2 is 1.81 bits per heavy atom. The lowest BCUT2D eigenvalue weighted by Gasteiger charge is -2.09. The van der Waals surface area contributed by atoms with Gasteiger partial charge in [0.2, 0.25) is 0 Å². The maximum atomic E-state index is 12.0. The first-order valence-corrected chi connectivity index (χ1v) is 8.99. The van der Waals surface area contributed by atoms with Crippen molar-refractivity contribution in [3.63, 3.8) is 0 Å². The van der Waals surface area contributed by atoms with E-state index >= 15 is 0 Å². The fourth-order valence-corrected chi connectivity index (χ4v) is 2.73. The summed E-state index contributed by atoms with van der Waals surface area (Å²) in [4.78, 5) is 12.0. The van der Waals surface area contributed by atoms with Crippen molar-refractivity contribution in [3.05, 3.63) is 66.5 Å². The van der Waals surface area contributed by atoms with Gasteiger partial charge in [0.25, 0.3) is 0 Å². The summed E-state index contributed by atoms with van der Waals surface area (Å²) in [6.07, 6.45) is 4.60. The maximum absolute atomic E-state index is 12.0. The molecule has 0 atom stereocenters. The molecule has 0 spiro atoms. The van der Waals surface area contributed by atoms with E-state index in [1.54, 1.807) is 4.68 Å². The molecule has 27 heavy (non-hydrogen) atoms. The number of nitrogens with zero attached hydrogens (tertiary/aromatic N) is 2. The average Bonchev–Trinajstić information content (AvgIpc) is 3.10. The molecular formula is C21H24N4O2. The van der Waals surface area contributed by atoms with Gasteiger partial charge >= 0.3 is 6.03 Å². The number of hydrogen-bond acceptors (Lipinski definition) is 3. The molecule has 0 aliphatic carbocycles. The highest BCUT2D eigenvalue weighted by Gasteiger charge is 2.03. The largest absolute Gasteiger partial charge is 0.494 e. The second kappa shape index (κ2) is 8.89. The van der Waals surface area contributed by atoms with Crippen LogP contribution in [0.1, 0.15) is 12.5 Å². The number of aromatic nitrogens is 2. The van der Waals surface area contributed by atoms with E-state index in [4.69, 9.17) is 4.74 Å². The standard InChI is InChI=1S/C21H24N4O2/c1-3-27-20-10-8-19(9-11-20)24-21(26)22-13-12-16-4-6-17(7-5-16)18-14-23-25(2)15-18/h4-11,14-15H,3,12-13H2,1-2H3,(H2,22,24,26). The molecule has 0 bridgehead atoms. The molecule has 0 aliphatic heterocycles. The highest BCUT2D eigenvalue weighted by Crippen LogP contribution is 2.19. The fraction of sp³-hybridized carbons (Fsp3) is 0.238. The molecule has 0 fully saturated rings. The van der Waals surface area contributed by atoms with E-state index in [9.17, 15) is 4.79 Å². The van der Waals surface area contributed by atoms with Crippen molar-refractivity contribution in [3.8, 4) is 16.9 Å². The number of ether oxygens (including phenoxy) is 1. The van der Waals surface area contributed by atoms with Gasteiger partial charge in [-0.25, -0.2) is 4.79 Å². The van der Waals surface area contributed by atoms with Crippen LogP contribution in [0.2, 0.25) is 0 Å². The van der Waals surface area contributed by atoms with Crippen LogP contribution in [-0.2, 0) is 13.5 Å². The Morgan fingerprint density at radius 1 is 1.07 bits per heavy atom. The van der Waals surface area contributed by atoms with Crippen LogP contribution < -0.4 is 15.4 Å². The maximum Gasteiger partial charge on any atom is 0.319 e. The van der Waals surface area contributed by atoms with E-state index in [0.717, 1.165) is 29.0 Å². The number of nitrogens with one attached hydrogen (secondary N) is 2. The highest BCUT2D eigenvalue weighted by molar-refractivity contribution is 5.89. The van der Waals surface area contributed by atoms with Gasteiger partial charge in [-0.2, -0.15) is 5.10 Å². The second-order valence-corrected chi connectivity index (χ2v) is 6.19. The van der Waals surface area contributed by atoms with Gasteiger partial charge in [-0.3, -0.25) is 4.68 Å². The zero-order valence-corrected chi connectivity index (χ0v) is 15.6. The predicted octanol–water partition coefficient (Wildman–Crippen LogP) is 3.85. The summed E-state index contributed by atoms with van der Waals surface area (Å²) in [5.41, 5.74) is 4.13. The lowest BCUT2D eigenvalue weighted by molar-refractivity contribution is 0.252. The average molecular weight is 364 g/mol. The van der Waals surface area contributed by atoms with Crippen LogP contribution in [0.25, 0.3) is 11.1 Å². The third kappa shape index (κ3) is 5.34. The number of amides is 2. The van der Waals surface area contributed by atoms with Crippen LogP contribution in [0.15, 0.2) is 60.9 Å². The van der Waals surface area contributed by atoms with Crippen LogP contribution in [0.4, 0.5) is 10.5 Å². The van der Waals surface area contributed by atoms with E-state index in [2.05, 4.69) is 40.0 Å². The molecule has 140 valence electrons. The molecule has 2 aromatic carbocycles. The molecule has 0 unspecified atom stereocenters. The topological polar surface area (TPSA) is 68.2 Å². The minimum absolute atomic E-state index is 0.217. The predicted molar refractivity (Wildman–Crippen MR) is 107 cm³/mol. The van der Waals surface area contributed by atoms with Gasteiger partial charge in [-0.05, 0) is 48.7 Å². The molecule has 1 aromatic heterocycles. The molecule has 3 aromatic rings. The van der Waals surface area contributed by atoms with Crippen LogP contribution in [-0.4, -0.2) is 29.0 Å². The van der Waals surface area contributed by atoms with Crippen molar-refractivity contribution < 1.29 is 9.53 Å². The summed E-state index contributed by atoms with van der Waals surface area (Å²) in [7, 11) is 1.90. The highest BCUT2D eigenvalue weighted by atomic mass is 16.5. The molecule has 0 saturated carbocycles. The van der Waals surface area contributed by atoms with Crippen molar-refractivity contribution in [2.45, 2.75) is 13.3 Å². The Kier molecular flexibility index (Phi) is 6.10. The van der Waals surface area contributed by atoms with Crippen molar-refractivity contribution in [1.82, 2.24) is 15.1 Å². The van der Waals surface area contributed by atoms with Crippen LogP contribution in [0, 0.1) is 0 Å². The molecule has 0 radical (unpaired) electrons. The number of benzene rings is 2. The first-order chi connectivity index (χ1) is 13.1. The Morgan fingerprint density at radius 3 is 2.44 bits per heavy atom. The number of rotatable bonds is 7. The lowest BCUT2D eigenvalue weighted by Crippen LogP contribution is -2.30. The molecule has 1 heterocycles. The Bertz CT molecular complexity index is 870. The number of carbonyl (C=O) groups excluding carboxylic acids is 1. The van der Waals surface area contributed by atoms with Gasteiger partial charge in [-0.1, -0.05) is 24.3 Å². The molecular weight excluding hydrogens is 340 g/mol. The number of urea groups is 1. The van der Waals surface area contributed by atoms with E-state index in [-0.39, 0.29) is 6.03 Å². The summed E-state index contributed by atoms with van der Waals surface area (Å²) in [5, 5.41) is 9.88. The molecule has 3 rings (SSSR count). The van der Waals surface area contributed by atoms with E-state index in [1.807, 2.05) is 50.6 Å². The van der Waals surface area contributed by atoms with Gasteiger partial charge in [0.1, 0.15) is 5.75 Å². The zero-order chi connectivity index (χ0) is 19.1. The molecule has 0 aliphatic rings. The summed E-state index contributed by atoms with van der Waals surface area (Å²) >= 11 is 0. The van der Waals surface area contributed by atoms with Crippen molar-refractivity contribution >= 4 is 11.7 Å². The van der Waals surface area contributed by atoms with Gasteiger partial charge in [0.05, 0.1) is 12.8 Å². The van der Waals surface area contributed by atoms with Crippen LogP contribution >= 0.6 is 0 Å². The molecule has 0 saturated heterocycles. The van der Waals surface area contributed by atoms with E-state index in [1.165, 1.54) is 5.56 Å². The van der Waals surface area contributed by atoms with Gasteiger partial charge in [0.15, 0.2) is 0 Å². The normalized spacial score (nSPS) is 10.4. The third-order valence-electron chi connectivity index (χ3n) is 4.11. The SMILES string of the molecule is CCOc1ccc(NC(=O)NCCc2ccc(-c3cnn(C)c3)cc2)cc1. The van der Waals surface area contributed by atoms with Gasteiger partial charge in [0, 0.05) is 31.0 Å². The summed E-state index contributed by atoms with van der Waals surface area (Å²) in [6, 6.07) is 15.4. The lowest BCUT2D eigenvalue weighted by atomic mass is 10.1. The number of carbonyl (C=O) groups is 1. The zero-order valence-electron chi connectivity index (χ0n) is 15.6. The second-order valence-electron chi connectivity index (χ2n) is 6.19. The number of anilines is 1. The van der Waals surface area contributed by atoms with Crippen molar-refractivity contribution in [1.29, 1.82) is 0 Å². The Labute approximate surface area is 159 Å². The Balaban J connectivity index is 1.44. The van der Waals surface area contributed by atoms with Crippen LogP contribution in [0.5, 0.6) is 5.75 Å². The molecule has 2 N–H and O–H groups in total. The van der Waals surface area contributed by atoms with Gasteiger partial charge in [-0.15, -0.1) is 0 Å². The fourth-order valence-electron chi connectivity index (χ4n) is 2.73. The van der Waals surface area contributed by atoms with Crippen LogP contribution in [0.3, 0.4) is 0 Å². The number of hydrogen-bond donors (Lipinski definition) is 2. The van der Waals surface area contributed by atoms with E-state index < -0.39 is 0 Å². The summed E-state index contributed by atoms with van der Waals surface area (Å²) in [5.74, 6) is 0.790. The minimum atomic E-state index is -0.217. The molecule has 6 heteroatoms. The minimum Gasteiger partial charge on any atom is -0.494 e. The summed E-state index contributed by atoms with van der Waals surface area (Å²) in [6.45, 7) is 3.12. The number of aryl methyl sites for hydroxylation is 1. The quantitative estimate of drug-likeness (QED) is 0.669. The first-order valence-electron chi connectivity index (χ1n) is 8.99. The van der Waals surface area contributed by atoms with E-state index in [0.29, 0.717) is 13.2 Å². The van der Waals surface area contributed by atoms with Crippen molar-refractivity contribution in [2.24, 2.45) is 7.05 Å². The van der Waals surface area contributed by atoms with Gasteiger partial charge < -0.3 is 15.4 Å².